The van der Waals surface area contributed by atoms with Gasteiger partial charge in [-0.1, -0.05) is 48.0 Å². The van der Waals surface area contributed by atoms with Crippen LogP contribution in [-0.4, -0.2) is 50.3 Å². The molecule has 0 spiro atoms. The lowest BCUT2D eigenvalue weighted by molar-refractivity contribution is -0.124. The lowest BCUT2D eigenvalue weighted by Crippen LogP contribution is -2.44. The van der Waals surface area contributed by atoms with Crippen molar-refractivity contribution in [3.63, 3.8) is 0 Å². The van der Waals surface area contributed by atoms with E-state index in [1.54, 1.807) is 0 Å². The average Bonchev–Trinajstić information content (AvgIpc) is 2.68. The van der Waals surface area contributed by atoms with Crippen molar-refractivity contribution in [3.8, 4) is 5.75 Å². The molecule has 0 bridgehead atoms. The van der Waals surface area contributed by atoms with E-state index in [1.165, 1.54) is 5.56 Å². The second-order valence-corrected chi connectivity index (χ2v) is 7.46. The van der Waals surface area contributed by atoms with Gasteiger partial charge in [-0.3, -0.25) is 9.69 Å². The van der Waals surface area contributed by atoms with E-state index in [0.29, 0.717) is 0 Å². The van der Waals surface area contributed by atoms with E-state index in [1.807, 2.05) is 32.0 Å². The van der Waals surface area contributed by atoms with Gasteiger partial charge in [0.05, 0.1) is 19.3 Å². The summed E-state index contributed by atoms with van der Waals surface area (Å²) in [6.45, 7) is 10.1. The van der Waals surface area contributed by atoms with Crippen LogP contribution in [0.15, 0.2) is 42.5 Å². The Morgan fingerprint density at radius 2 is 1.75 bits per heavy atom. The molecule has 2 aromatic rings. The van der Waals surface area contributed by atoms with Crippen molar-refractivity contribution in [2.24, 2.45) is 0 Å². The predicted octanol–water partition coefficient (Wildman–Crippen LogP) is 3.18. The topological polar surface area (TPSA) is 50.8 Å². The predicted molar refractivity (Wildman–Crippen MR) is 111 cm³/mol. The largest absolute Gasteiger partial charge is 0.483 e. The molecule has 0 saturated carbocycles. The number of nitrogens with one attached hydrogen (secondary N) is 1. The van der Waals surface area contributed by atoms with E-state index in [9.17, 15) is 4.79 Å². The maximum Gasteiger partial charge on any atom is 0.258 e. The highest BCUT2D eigenvalue weighted by molar-refractivity contribution is 5.78. The number of amides is 1. The van der Waals surface area contributed by atoms with E-state index < -0.39 is 0 Å². The Morgan fingerprint density at radius 3 is 2.39 bits per heavy atom. The molecule has 5 heteroatoms. The molecule has 1 N–H and O–H groups in total. The molecule has 1 fully saturated rings. The third-order valence-corrected chi connectivity index (χ3v) is 5.03. The molecule has 1 amide bonds. The van der Waals surface area contributed by atoms with Crippen LogP contribution in [0.5, 0.6) is 5.75 Å². The lowest BCUT2D eigenvalue weighted by Gasteiger charge is -2.31. The fraction of sp³-hybridized carbons (Fsp3) is 0.435. The lowest BCUT2D eigenvalue weighted by atomic mass is 10.1. The highest BCUT2D eigenvalue weighted by Gasteiger charge is 2.20. The van der Waals surface area contributed by atoms with E-state index in [0.717, 1.165) is 55.3 Å². The van der Waals surface area contributed by atoms with Crippen molar-refractivity contribution in [2.75, 3.05) is 39.5 Å². The molecule has 0 radical (unpaired) electrons. The number of rotatable bonds is 7. The van der Waals surface area contributed by atoms with Crippen molar-refractivity contribution in [1.29, 1.82) is 0 Å². The molecule has 2 aromatic carbocycles. The SMILES string of the molecule is Cc1cc(C)c(OCC(=O)NC(CN2CCOCC2)c2ccccc2)c(C)c1. The second-order valence-electron chi connectivity index (χ2n) is 7.46. The number of aryl methyl sites for hydroxylation is 3. The van der Waals surface area contributed by atoms with Gasteiger partial charge >= 0.3 is 0 Å². The monoisotopic (exact) mass is 382 g/mol. The van der Waals surface area contributed by atoms with E-state index in [-0.39, 0.29) is 18.6 Å². The molecule has 1 heterocycles. The van der Waals surface area contributed by atoms with Crippen LogP contribution in [0.3, 0.4) is 0 Å². The summed E-state index contributed by atoms with van der Waals surface area (Å²) in [6, 6.07) is 14.2. The Bertz CT molecular complexity index is 763. The van der Waals surface area contributed by atoms with Crippen molar-refractivity contribution in [3.05, 3.63) is 64.7 Å². The summed E-state index contributed by atoms with van der Waals surface area (Å²) < 4.78 is 11.3. The zero-order chi connectivity index (χ0) is 19.9. The number of hydrogen-bond acceptors (Lipinski definition) is 4. The van der Waals surface area contributed by atoms with E-state index in [2.05, 4.69) is 41.4 Å². The first-order chi connectivity index (χ1) is 13.5. The number of ether oxygens (including phenoxy) is 2. The van der Waals surface area contributed by atoms with Gasteiger partial charge in [0.1, 0.15) is 5.75 Å². The zero-order valence-electron chi connectivity index (χ0n) is 17.0. The minimum Gasteiger partial charge on any atom is -0.483 e. The van der Waals surface area contributed by atoms with Gasteiger partial charge in [0.2, 0.25) is 0 Å². The minimum absolute atomic E-state index is 0.0111. The molecule has 1 atom stereocenters. The number of hydrogen-bond donors (Lipinski definition) is 1. The van der Waals surface area contributed by atoms with Crippen molar-refractivity contribution < 1.29 is 14.3 Å². The Morgan fingerprint density at radius 1 is 1.11 bits per heavy atom. The molecule has 5 nitrogen and oxygen atoms in total. The first kappa shape index (κ1) is 20.4. The quantitative estimate of drug-likeness (QED) is 0.799. The Labute approximate surface area is 167 Å². The number of nitrogens with zero attached hydrogens (tertiary/aromatic N) is 1. The van der Waals surface area contributed by atoms with Gasteiger partial charge in [-0.2, -0.15) is 0 Å². The number of carbonyl (C=O) groups excluding carboxylic acids is 1. The van der Waals surface area contributed by atoms with Gasteiger partial charge in [0.25, 0.3) is 5.91 Å². The van der Waals surface area contributed by atoms with Crippen molar-refractivity contribution >= 4 is 5.91 Å². The molecule has 150 valence electrons. The van der Waals surface area contributed by atoms with Gasteiger partial charge in [-0.15, -0.1) is 0 Å². The molecule has 1 aliphatic rings. The molecule has 1 aliphatic heterocycles. The summed E-state index contributed by atoms with van der Waals surface area (Å²) in [4.78, 5) is 15.0. The van der Waals surface area contributed by atoms with Gasteiger partial charge in [0, 0.05) is 19.6 Å². The molecule has 3 rings (SSSR count). The zero-order valence-corrected chi connectivity index (χ0v) is 17.0. The third kappa shape index (κ3) is 5.57. The second kappa shape index (κ2) is 9.71. The van der Waals surface area contributed by atoms with E-state index in [4.69, 9.17) is 9.47 Å². The Kier molecular flexibility index (Phi) is 7.06. The number of morpholine rings is 1. The summed E-state index contributed by atoms with van der Waals surface area (Å²) in [5, 5.41) is 3.15. The van der Waals surface area contributed by atoms with Gasteiger partial charge in [0.15, 0.2) is 6.61 Å². The summed E-state index contributed by atoms with van der Waals surface area (Å²) in [5.41, 5.74) is 4.41. The Hall–Kier alpha value is -2.37. The normalized spacial score (nSPS) is 15.8. The molecule has 28 heavy (non-hydrogen) atoms. The van der Waals surface area contributed by atoms with Crippen molar-refractivity contribution in [2.45, 2.75) is 26.8 Å². The average molecular weight is 383 g/mol. The van der Waals surface area contributed by atoms with Crippen LogP contribution < -0.4 is 10.1 Å². The van der Waals surface area contributed by atoms with Crippen LogP contribution in [-0.2, 0) is 9.53 Å². The van der Waals surface area contributed by atoms with Crippen molar-refractivity contribution in [1.82, 2.24) is 10.2 Å². The smallest absolute Gasteiger partial charge is 0.258 e. The molecule has 1 saturated heterocycles. The first-order valence-electron chi connectivity index (χ1n) is 9.88. The molecular weight excluding hydrogens is 352 g/mol. The highest BCUT2D eigenvalue weighted by Crippen LogP contribution is 2.24. The van der Waals surface area contributed by atoms with Gasteiger partial charge in [-0.25, -0.2) is 0 Å². The highest BCUT2D eigenvalue weighted by atomic mass is 16.5. The van der Waals surface area contributed by atoms with Gasteiger partial charge < -0.3 is 14.8 Å². The van der Waals surface area contributed by atoms with Crippen LogP contribution in [0.25, 0.3) is 0 Å². The Balaban J connectivity index is 1.64. The third-order valence-electron chi connectivity index (χ3n) is 5.03. The van der Waals surface area contributed by atoms with Crippen LogP contribution in [0, 0.1) is 20.8 Å². The first-order valence-corrected chi connectivity index (χ1v) is 9.88. The molecule has 1 unspecified atom stereocenters. The van der Waals surface area contributed by atoms with E-state index >= 15 is 0 Å². The summed E-state index contributed by atoms with van der Waals surface area (Å²) in [7, 11) is 0. The number of carbonyl (C=O) groups is 1. The van der Waals surface area contributed by atoms with Crippen LogP contribution in [0.4, 0.5) is 0 Å². The molecule has 0 aromatic heterocycles. The number of benzene rings is 2. The summed E-state index contributed by atoms with van der Waals surface area (Å²) >= 11 is 0. The van der Waals surface area contributed by atoms with Crippen LogP contribution in [0.2, 0.25) is 0 Å². The molecule has 0 aliphatic carbocycles. The maximum atomic E-state index is 12.7. The standard InChI is InChI=1S/C23H30N2O3/c1-17-13-18(2)23(19(3)14-17)28-16-22(26)24-21(20-7-5-4-6-8-20)15-25-9-11-27-12-10-25/h4-8,13-14,21H,9-12,15-16H2,1-3H3,(H,24,26). The maximum absolute atomic E-state index is 12.7. The van der Waals surface area contributed by atoms with Crippen LogP contribution >= 0.6 is 0 Å². The summed E-state index contributed by atoms with van der Waals surface area (Å²) in [6.07, 6.45) is 0. The fourth-order valence-corrected chi connectivity index (χ4v) is 3.73. The fourth-order valence-electron chi connectivity index (χ4n) is 3.73. The van der Waals surface area contributed by atoms with Crippen LogP contribution in [0.1, 0.15) is 28.3 Å². The minimum atomic E-state index is -0.110. The summed E-state index contributed by atoms with van der Waals surface area (Å²) in [5.74, 6) is 0.687. The molecular formula is C23H30N2O3. The van der Waals surface area contributed by atoms with Gasteiger partial charge in [-0.05, 0) is 37.5 Å².